The molecule has 1 aromatic heterocycles. The monoisotopic (exact) mass is 326 g/mol. The number of nitrogens with zero attached hydrogens (tertiary/aromatic N) is 2. The van der Waals surface area contributed by atoms with Gasteiger partial charge in [-0.05, 0) is 24.3 Å². The Kier molecular flexibility index (Phi) is 4.25. The fourth-order valence-electron chi connectivity index (χ4n) is 1.56. The third-order valence-electron chi connectivity index (χ3n) is 2.52. The molecular weight excluding hydrogens is 319 g/mol. The van der Waals surface area contributed by atoms with Gasteiger partial charge in [-0.2, -0.15) is 0 Å². The molecule has 0 radical (unpaired) electrons. The number of pyridine rings is 1. The third-order valence-corrected chi connectivity index (χ3v) is 3.26. The molecular formula is C12H8Cl2N4O3. The average Bonchev–Trinajstić information content (AvgIpc) is 2.42. The molecule has 108 valence electrons. The third kappa shape index (κ3) is 3.39. The largest absolute Gasteiger partial charge is 0.384 e. The fourth-order valence-corrected chi connectivity index (χ4v) is 1.86. The summed E-state index contributed by atoms with van der Waals surface area (Å²) >= 11 is 11.6. The summed E-state index contributed by atoms with van der Waals surface area (Å²) in [4.78, 5) is 25.9. The van der Waals surface area contributed by atoms with Crippen LogP contribution in [0.3, 0.4) is 0 Å². The van der Waals surface area contributed by atoms with E-state index in [1.165, 1.54) is 18.2 Å². The van der Waals surface area contributed by atoms with Crippen molar-refractivity contribution in [1.82, 2.24) is 4.98 Å². The molecule has 1 aromatic carbocycles. The van der Waals surface area contributed by atoms with Gasteiger partial charge in [-0.1, -0.05) is 23.2 Å². The first-order valence-corrected chi connectivity index (χ1v) is 6.30. The van der Waals surface area contributed by atoms with Gasteiger partial charge in [-0.25, -0.2) is 4.98 Å². The number of amides is 1. The highest BCUT2D eigenvalue weighted by Gasteiger charge is 2.21. The molecule has 0 spiro atoms. The van der Waals surface area contributed by atoms with E-state index in [0.29, 0.717) is 10.7 Å². The van der Waals surface area contributed by atoms with E-state index in [1.807, 2.05) is 0 Å². The highest BCUT2D eigenvalue weighted by atomic mass is 35.5. The van der Waals surface area contributed by atoms with Crippen LogP contribution in [0.4, 0.5) is 17.2 Å². The summed E-state index contributed by atoms with van der Waals surface area (Å²) < 4.78 is 0. The highest BCUT2D eigenvalue weighted by molar-refractivity contribution is 6.42. The lowest BCUT2D eigenvalue weighted by Crippen LogP contribution is -2.15. The van der Waals surface area contributed by atoms with Gasteiger partial charge in [0.15, 0.2) is 0 Å². The molecule has 3 N–H and O–H groups in total. The Labute approximate surface area is 128 Å². The van der Waals surface area contributed by atoms with Gasteiger partial charge in [0.2, 0.25) is 0 Å². The maximum absolute atomic E-state index is 12.1. The lowest BCUT2D eigenvalue weighted by Gasteiger charge is -2.07. The number of anilines is 2. The predicted octanol–water partition coefficient (Wildman–Crippen LogP) is 3.13. The van der Waals surface area contributed by atoms with Crippen LogP contribution in [0.1, 0.15) is 10.4 Å². The van der Waals surface area contributed by atoms with Crippen molar-refractivity contribution in [2.24, 2.45) is 0 Å². The molecule has 0 aliphatic heterocycles. The van der Waals surface area contributed by atoms with Gasteiger partial charge in [0.25, 0.3) is 11.6 Å². The van der Waals surface area contributed by atoms with Crippen LogP contribution in [-0.4, -0.2) is 15.8 Å². The van der Waals surface area contributed by atoms with Crippen molar-refractivity contribution in [1.29, 1.82) is 0 Å². The summed E-state index contributed by atoms with van der Waals surface area (Å²) in [5, 5.41) is 13.9. The summed E-state index contributed by atoms with van der Waals surface area (Å²) in [6, 6.07) is 5.57. The maximum Gasteiger partial charge on any atom is 0.300 e. The van der Waals surface area contributed by atoms with E-state index in [9.17, 15) is 14.9 Å². The van der Waals surface area contributed by atoms with Gasteiger partial charge in [0.1, 0.15) is 17.6 Å². The normalized spacial score (nSPS) is 10.2. The van der Waals surface area contributed by atoms with Crippen LogP contribution in [0.15, 0.2) is 30.5 Å². The van der Waals surface area contributed by atoms with E-state index >= 15 is 0 Å². The molecule has 1 heterocycles. The topological polar surface area (TPSA) is 111 Å². The number of carbonyl (C=O) groups excluding carboxylic acids is 1. The Morgan fingerprint density at radius 3 is 2.62 bits per heavy atom. The van der Waals surface area contributed by atoms with Crippen LogP contribution in [0.5, 0.6) is 0 Å². The number of hydrogen-bond donors (Lipinski definition) is 2. The molecule has 0 aliphatic rings. The van der Waals surface area contributed by atoms with E-state index in [4.69, 9.17) is 28.9 Å². The number of nitrogen functional groups attached to an aromatic ring is 1. The summed E-state index contributed by atoms with van der Waals surface area (Å²) in [6.45, 7) is 0. The Bertz CT molecular complexity index is 736. The molecule has 2 rings (SSSR count). The van der Waals surface area contributed by atoms with Crippen molar-refractivity contribution in [2.75, 3.05) is 11.1 Å². The quantitative estimate of drug-likeness (QED) is 0.664. The van der Waals surface area contributed by atoms with Crippen molar-refractivity contribution in [3.05, 3.63) is 56.2 Å². The second-order valence-corrected chi connectivity index (χ2v) is 4.78. The van der Waals surface area contributed by atoms with E-state index in [1.54, 1.807) is 0 Å². The standard InChI is InChI=1S/C12H8Cl2N4O3/c13-8-2-1-6(3-9(8)14)17-12(19)7-4-11(15)16-5-10(7)18(20)21/h1-5H,(H2,15,16)(H,17,19). The minimum atomic E-state index is -0.712. The summed E-state index contributed by atoms with van der Waals surface area (Å²) in [5.41, 5.74) is 5.16. The van der Waals surface area contributed by atoms with E-state index in [2.05, 4.69) is 10.3 Å². The van der Waals surface area contributed by atoms with Crippen molar-refractivity contribution < 1.29 is 9.72 Å². The average molecular weight is 327 g/mol. The van der Waals surface area contributed by atoms with Crippen molar-refractivity contribution in [3.63, 3.8) is 0 Å². The van der Waals surface area contributed by atoms with Gasteiger partial charge in [-0.3, -0.25) is 14.9 Å². The number of halogens is 2. The number of rotatable bonds is 3. The summed E-state index contributed by atoms with van der Waals surface area (Å²) in [5.74, 6) is -0.700. The molecule has 9 heteroatoms. The van der Waals surface area contributed by atoms with Gasteiger partial charge in [0, 0.05) is 5.69 Å². The Morgan fingerprint density at radius 1 is 1.29 bits per heavy atom. The molecule has 0 atom stereocenters. The van der Waals surface area contributed by atoms with Crippen molar-refractivity contribution in [2.45, 2.75) is 0 Å². The van der Waals surface area contributed by atoms with E-state index < -0.39 is 16.5 Å². The first-order valence-electron chi connectivity index (χ1n) is 5.55. The number of nitro groups is 1. The molecule has 7 nitrogen and oxygen atoms in total. The van der Waals surface area contributed by atoms with Crippen molar-refractivity contribution in [3.8, 4) is 0 Å². The zero-order valence-corrected chi connectivity index (χ0v) is 11.9. The first kappa shape index (κ1) is 15.0. The van der Waals surface area contributed by atoms with Crippen LogP contribution in [0.2, 0.25) is 10.0 Å². The molecule has 1 amide bonds. The van der Waals surface area contributed by atoms with Gasteiger partial charge in [-0.15, -0.1) is 0 Å². The minimum absolute atomic E-state index is 0.000103. The SMILES string of the molecule is Nc1cc(C(=O)Nc2ccc(Cl)c(Cl)c2)c([N+](=O)[O-])cn1. The number of carbonyl (C=O) groups is 1. The zero-order valence-electron chi connectivity index (χ0n) is 10.3. The Morgan fingerprint density at radius 2 is 2.00 bits per heavy atom. The first-order chi connectivity index (χ1) is 9.88. The molecule has 0 unspecified atom stereocenters. The maximum atomic E-state index is 12.1. The lowest BCUT2D eigenvalue weighted by atomic mass is 10.2. The molecule has 0 fully saturated rings. The lowest BCUT2D eigenvalue weighted by molar-refractivity contribution is -0.385. The molecule has 0 saturated heterocycles. The van der Waals surface area contributed by atoms with Gasteiger partial charge >= 0.3 is 0 Å². The number of nitrogens with two attached hydrogens (primary N) is 1. The Hall–Kier alpha value is -2.38. The van der Waals surface area contributed by atoms with E-state index in [-0.39, 0.29) is 16.4 Å². The van der Waals surface area contributed by atoms with E-state index in [0.717, 1.165) is 12.3 Å². The molecule has 0 saturated carbocycles. The minimum Gasteiger partial charge on any atom is -0.384 e. The van der Waals surface area contributed by atoms with Crippen LogP contribution in [0.25, 0.3) is 0 Å². The zero-order chi connectivity index (χ0) is 15.6. The van der Waals surface area contributed by atoms with Crippen LogP contribution in [-0.2, 0) is 0 Å². The summed E-state index contributed by atoms with van der Waals surface area (Å²) in [6.07, 6.45) is 0.930. The molecule has 0 aliphatic carbocycles. The molecule has 0 bridgehead atoms. The molecule has 21 heavy (non-hydrogen) atoms. The number of nitrogens with one attached hydrogen (secondary N) is 1. The smallest absolute Gasteiger partial charge is 0.300 e. The number of aromatic nitrogens is 1. The predicted molar refractivity (Wildman–Crippen MR) is 79.7 cm³/mol. The van der Waals surface area contributed by atoms with Gasteiger partial charge < -0.3 is 11.1 Å². The fraction of sp³-hybridized carbons (Fsp3) is 0. The summed E-state index contributed by atoms with van der Waals surface area (Å²) in [7, 11) is 0. The number of benzene rings is 1. The second-order valence-electron chi connectivity index (χ2n) is 3.97. The number of hydrogen-bond acceptors (Lipinski definition) is 5. The Balaban J connectivity index is 2.34. The second kappa shape index (κ2) is 5.94. The van der Waals surface area contributed by atoms with Crippen LogP contribution >= 0.6 is 23.2 Å². The molecule has 2 aromatic rings. The van der Waals surface area contributed by atoms with Gasteiger partial charge in [0.05, 0.1) is 15.0 Å². The highest BCUT2D eigenvalue weighted by Crippen LogP contribution is 2.26. The van der Waals surface area contributed by atoms with Crippen molar-refractivity contribution >= 4 is 46.3 Å². The van der Waals surface area contributed by atoms with Crippen LogP contribution < -0.4 is 11.1 Å². The van der Waals surface area contributed by atoms with Crippen LogP contribution in [0, 0.1) is 10.1 Å².